The quantitative estimate of drug-likeness (QED) is 0.312. The molecule has 0 unspecified atom stereocenters. The summed E-state index contributed by atoms with van der Waals surface area (Å²) in [5, 5.41) is 0. The maximum absolute atomic E-state index is 3.80. The van der Waals surface area contributed by atoms with Crippen molar-refractivity contribution in [1.82, 2.24) is 0 Å². The molecule has 0 atom stereocenters. The van der Waals surface area contributed by atoms with Gasteiger partial charge in [-0.1, -0.05) is 0 Å². The number of hydrogen-bond acceptors (Lipinski definition) is 0. The molecule has 120 valence electrons. The van der Waals surface area contributed by atoms with Gasteiger partial charge in [0, 0.05) is 0 Å². The van der Waals surface area contributed by atoms with Crippen molar-refractivity contribution in [3.05, 3.63) is 0 Å². The summed E-state index contributed by atoms with van der Waals surface area (Å²) in [5.74, 6) is 9.72. The van der Waals surface area contributed by atoms with Gasteiger partial charge in [0.1, 0.15) is 0 Å². The van der Waals surface area contributed by atoms with Crippen molar-refractivity contribution in [2.75, 3.05) is 0 Å². The van der Waals surface area contributed by atoms with Gasteiger partial charge in [0.05, 0.1) is 0 Å². The van der Waals surface area contributed by atoms with Gasteiger partial charge in [-0.2, -0.15) is 0 Å². The Morgan fingerprint density at radius 2 is 1.14 bits per heavy atom. The van der Waals surface area contributed by atoms with Gasteiger partial charge < -0.3 is 0 Å². The molecule has 0 nitrogen and oxygen atoms in total. The van der Waals surface area contributed by atoms with Crippen molar-refractivity contribution in [1.29, 1.82) is 0 Å². The summed E-state index contributed by atoms with van der Waals surface area (Å²) in [7, 11) is 0. The molecule has 0 fully saturated rings. The Kier molecular flexibility index (Phi) is 11.4. The fraction of sp³-hybridized carbons (Fsp3) is 0.800. The molecule has 0 aromatic carbocycles. The summed E-state index contributed by atoms with van der Waals surface area (Å²) in [6.45, 7) is 13.4. The van der Waals surface area contributed by atoms with E-state index in [9.17, 15) is 0 Å². The predicted octanol–water partition coefficient (Wildman–Crippen LogP) is 6.43. The summed E-state index contributed by atoms with van der Waals surface area (Å²) >= 11 is -2.26. The van der Waals surface area contributed by atoms with Gasteiger partial charge >= 0.3 is 139 Å². The molecule has 0 aromatic heterocycles. The van der Waals surface area contributed by atoms with Crippen LogP contribution in [0.2, 0.25) is 13.3 Å². The Hall–Kier alpha value is -0.0813. The number of rotatable bonds is 9. The molecule has 0 saturated carbocycles. The van der Waals surface area contributed by atoms with Crippen molar-refractivity contribution < 1.29 is 0 Å². The minimum atomic E-state index is -2.26. The maximum atomic E-state index is 3.80. The molecule has 0 N–H and O–H groups in total. The first kappa shape index (κ1) is 20.9. The standard InChI is InChI=1S/C8H9.3C4H9.Sn/c1-5-6-7-8(2,3)4;3*1-3-4-2;/h2-4H3;3*1,3-4H2,2H3;. The second kappa shape index (κ2) is 11.5. The summed E-state index contributed by atoms with van der Waals surface area (Å²) < 4.78 is 8.16. The Bertz CT molecular complexity index is 356. The van der Waals surface area contributed by atoms with Crippen LogP contribution in [-0.2, 0) is 0 Å². The SMILES string of the molecule is CCC[CH2][Sn]([C]#CC#CC(C)(C)C)([CH2]CCC)[CH2]CCC. The zero-order valence-electron chi connectivity index (χ0n) is 15.4. The van der Waals surface area contributed by atoms with Gasteiger partial charge in [0.15, 0.2) is 0 Å². The predicted molar refractivity (Wildman–Crippen MR) is 99.9 cm³/mol. The van der Waals surface area contributed by atoms with Crippen molar-refractivity contribution in [2.24, 2.45) is 5.41 Å². The molecule has 0 aliphatic carbocycles. The molecule has 21 heavy (non-hydrogen) atoms. The molecule has 0 aliphatic heterocycles. The molecule has 0 bridgehead atoms. The van der Waals surface area contributed by atoms with Crippen LogP contribution in [0.5, 0.6) is 0 Å². The van der Waals surface area contributed by atoms with E-state index in [0.717, 1.165) is 0 Å². The molecule has 0 radical (unpaired) electrons. The van der Waals surface area contributed by atoms with Crippen LogP contribution in [0.25, 0.3) is 0 Å². The van der Waals surface area contributed by atoms with E-state index < -0.39 is 18.4 Å². The fourth-order valence-electron chi connectivity index (χ4n) is 2.49. The van der Waals surface area contributed by atoms with E-state index in [0.29, 0.717) is 0 Å². The zero-order chi connectivity index (χ0) is 16.2. The topological polar surface area (TPSA) is 0 Å². The fourth-order valence-corrected chi connectivity index (χ4v) is 15.5. The van der Waals surface area contributed by atoms with Crippen LogP contribution >= 0.6 is 0 Å². The van der Waals surface area contributed by atoms with Gasteiger partial charge in [-0.15, -0.1) is 0 Å². The third-order valence-corrected chi connectivity index (χ3v) is 16.9. The van der Waals surface area contributed by atoms with E-state index in [-0.39, 0.29) is 5.41 Å². The average Bonchev–Trinajstić information content (AvgIpc) is 2.43. The number of hydrogen-bond donors (Lipinski definition) is 0. The molecule has 0 spiro atoms. The molecule has 0 aliphatic rings. The van der Waals surface area contributed by atoms with Crippen molar-refractivity contribution in [3.8, 4) is 21.7 Å². The van der Waals surface area contributed by atoms with E-state index >= 15 is 0 Å². The molecular weight excluding hydrogens is 359 g/mol. The van der Waals surface area contributed by atoms with Gasteiger partial charge in [0.2, 0.25) is 0 Å². The van der Waals surface area contributed by atoms with Gasteiger partial charge in [-0.05, 0) is 0 Å². The normalized spacial score (nSPS) is 11.3. The van der Waals surface area contributed by atoms with Crippen LogP contribution in [0.4, 0.5) is 0 Å². The molecule has 0 amide bonds. The Labute approximate surface area is 138 Å². The number of unbranched alkanes of at least 4 members (excludes halogenated alkanes) is 3. The molecule has 0 aromatic rings. The van der Waals surface area contributed by atoms with Crippen molar-refractivity contribution >= 4 is 18.4 Å². The Morgan fingerprint density at radius 1 is 0.714 bits per heavy atom. The summed E-state index contributed by atoms with van der Waals surface area (Å²) in [6.07, 6.45) is 8.07. The summed E-state index contributed by atoms with van der Waals surface area (Å²) in [5.41, 5.74) is 0.0725. The van der Waals surface area contributed by atoms with Crippen molar-refractivity contribution in [3.63, 3.8) is 0 Å². The van der Waals surface area contributed by atoms with Gasteiger partial charge in [0.25, 0.3) is 0 Å². The van der Waals surface area contributed by atoms with E-state index in [1.807, 2.05) is 0 Å². The second-order valence-electron chi connectivity index (χ2n) is 7.34. The van der Waals surface area contributed by atoms with Crippen LogP contribution in [0.3, 0.4) is 0 Å². The van der Waals surface area contributed by atoms with E-state index in [4.69, 9.17) is 0 Å². The second-order valence-corrected chi connectivity index (χ2v) is 19.6. The molecular formula is C20H36Sn. The summed E-state index contributed by atoms with van der Waals surface area (Å²) in [6, 6.07) is 0. The monoisotopic (exact) mass is 396 g/mol. The van der Waals surface area contributed by atoms with E-state index in [1.165, 1.54) is 51.8 Å². The van der Waals surface area contributed by atoms with Gasteiger partial charge in [-0.3, -0.25) is 0 Å². The Balaban J connectivity index is 5.10. The van der Waals surface area contributed by atoms with E-state index in [2.05, 4.69) is 63.2 Å². The zero-order valence-corrected chi connectivity index (χ0v) is 18.2. The van der Waals surface area contributed by atoms with Gasteiger partial charge in [-0.25, -0.2) is 0 Å². The molecule has 0 rings (SSSR count). The first-order valence-corrected chi connectivity index (χ1v) is 16.4. The first-order chi connectivity index (χ1) is 9.89. The minimum absolute atomic E-state index is 0.0725. The third kappa shape index (κ3) is 11.2. The molecule has 0 heterocycles. The van der Waals surface area contributed by atoms with Crippen LogP contribution in [-0.4, -0.2) is 18.4 Å². The summed E-state index contributed by atoms with van der Waals surface area (Å²) in [4.78, 5) is 0. The van der Waals surface area contributed by atoms with Crippen LogP contribution in [0.15, 0.2) is 0 Å². The third-order valence-electron chi connectivity index (χ3n) is 3.85. The van der Waals surface area contributed by atoms with Crippen LogP contribution in [0, 0.1) is 27.1 Å². The molecule has 1 heteroatoms. The van der Waals surface area contributed by atoms with Crippen LogP contribution in [0.1, 0.15) is 80.1 Å². The molecule has 0 saturated heterocycles. The average molecular weight is 395 g/mol. The first-order valence-electron chi connectivity index (χ1n) is 8.93. The van der Waals surface area contributed by atoms with E-state index in [1.54, 1.807) is 0 Å². The van der Waals surface area contributed by atoms with Crippen LogP contribution < -0.4 is 0 Å². The van der Waals surface area contributed by atoms with Crippen molar-refractivity contribution in [2.45, 2.75) is 93.4 Å². The Morgan fingerprint density at radius 3 is 1.48 bits per heavy atom.